The Labute approximate surface area is 162 Å². The highest BCUT2D eigenvalue weighted by molar-refractivity contribution is 5.90. The molecule has 0 spiro atoms. The Morgan fingerprint density at radius 2 is 1.93 bits per heavy atom. The molecule has 0 bridgehead atoms. The number of epoxide rings is 1. The summed E-state index contributed by atoms with van der Waals surface area (Å²) in [5, 5.41) is 0. The van der Waals surface area contributed by atoms with Gasteiger partial charge in [-0.25, -0.2) is 0 Å². The van der Waals surface area contributed by atoms with E-state index in [1.807, 2.05) is 0 Å². The molecule has 5 rings (SSSR count). The van der Waals surface area contributed by atoms with Crippen molar-refractivity contribution in [2.24, 2.45) is 28.6 Å². The molecule has 0 aromatic rings. The third kappa shape index (κ3) is 2.14. The molecule has 1 heterocycles. The van der Waals surface area contributed by atoms with Crippen molar-refractivity contribution >= 4 is 11.8 Å². The molecular formula is C23H32O4. The molecule has 27 heavy (non-hydrogen) atoms. The molecular weight excluding hydrogens is 340 g/mol. The third-order valence-corrected chi connectivity index (χ3v) is 9.34. The quantitative estimate of drug-likeness (QED) is 0.414. The Balaban J connectivity index is 1.43. The zero-order valence-electron chi connectivity index (χ0n) is 17.0. The lowest BCUT2D eigenvalue weighted by molar-refractivity contribution is -0.149. The summed E-state index contributed by atoms with van der Waals surface area (Å²) < 4.78 is 11.6. The molecule has 0 unspecified atom stereocenters. The van der Waals surface area contributed by atoms with Crippen LogP contribution in [0.5, 0.6) is 0 Å². The summed E-state index contributed by atoms with van der Waals surface area (Å²) in [7, 11) is 0. The van der Waals surface area contributed by atoms with Crippen molar-refractivity contribution < 1.29 is 19.1 Å². The van der Waals surface area contributed by atoms with Crippen LogP contribution in [-0.4, -0.2) is 29.6 Å². The van der Waals surface area contributed by atoms with E-state index in [0.717, 1.165) is 38.5 Å². The molecule has 148 valence electrons. The predicted molar refractivity (Wildman–Crippen MR) is 101 cm³/mol. The summed E-state index contributed by atoms with van der Waals surface area (Å²) in [5.41, 5.74) is 1.30. The number of rotatable bonds is 2. The molecule has 1 aliphatic heterocycles. The maximum Gasteiger partial charge on any atom is 0.302 e. The van der Waals surface area contributed by atoms with Gasteiger partial charge in [0.15, 0.2) is 11.4 Å². The van der Waals surface area contributed by atoms with Crippen LogP contribution in [0.15, 0.2) is 11.6 Å². The number of fused-ring (bicyclic) bond motifs is 7. The van der Waals surface area contributed by atoms with Crippen LogP contribution in [0.3, 0.4) is 0 Å². The highest BCUT2D eigenvalue weighted by Crippen LogP contribution is 2.73. The largest absolute Gasteiger partial charge is 0.462 e. The molecule has 1 saturated heterocycles. The van der Waals surface area contributed by atoms with Crippen molar-refractivity contribution in [1.82, 2.24) is 0 Å². The molecule has 3 saturated carbocycles. The number of Topliss-reactive ketones (excluding diaryl/α,β-unsaturated/α-hetero) is 1. The van der Waals surface area contributed by atoms with Gasteiger partial charge in [-0.1, -0.05) is 25.5 Å². The van der Waals surface area contributed by atoms with E-state index in [4.69, 9.17) is 9.47 Å². The van der Waals surface area contributed by atoms with E-state index in [-0.39, 0.29) is 34.8 Å². The van der Waals surface area contributed by atoms with E-state index < -0.39 is 5.60 Å². The number of hydrogen-bond donors (Lipinski definition) is 0. The number of carbonyl (C=O) groups is 2. The topological polar surface area (TPSA) is 55.9 Å². The van der Waals surface area contributed by atoms with Crippen molar-refractivity contribution in [2.45, 2.75) is 90.4 Å². The van der Waals surface area contributed by atoms with Crippen molar-refractivity contribution in [1.29, 1.82) is 0 Å². The van der Waals surface area contributed by atoms with E-state index in [1.54, 1.807) is 6.92 Å². The average Bonchev–Trinajstić information content (AvgIpc) is 3.27. The van der Waals surface area contributed by atoms with Crippen LogP contribution in [0.2, 0.25) is 0 Å². The normalized spacial score (nSPS) is 52.6. The Bertz CT molecular complexity index is 741. The molecule has 0 aromatic carbocycles. The maximum atomic E-state index is 12.5. The van der Waals surface area contributed by atoms with Gasteiger partial charge in [-0.05, 0) is 68.6 Å². The van der Waals surface area contributed by atoms with Gasteiger partial charge in [0.1, 0.15) is 6.10 Å². The van der Waals surface area contributed by atoms with Gasteiger partial charge in [0, 0.05) is 18.8 Å². The van der Waals surface area contributed by atoms with Crippen LogP contribution in [-0.2, 0) is 19.1 Å². The molecule has 4 fully saturated rings. The molecule has 5 aliphatic rings. The summed E-state index contributed by atoms with van der Waals surface area (Å²) in [6.45, 7) is 8.03. The van der Waals surface area contributed by atoms with Crippen LogP contribution in [0, 0.1) is 28.6 Å². The van der Waals surface area contributed by atoms with Crippen LogP contribution >= 0.6 is 0 Å². The van der Waals surface area contributed by atoms with Gasteiger partial charge in [-0.2, -0.15) is 0 Å². The monoisotopic (exact) mass is 372 g/mol. The fraction of sp³-hybridized carbons (Fsp3) is 0.826. The highest BCUT2D eigenvalue weighted by atomic mass is 16.6. The minimum absolute atomic E-state index is 0.0152. The maximum absolute atomic E-state index is 12.5. The second-order valence-corrected chi connectivity index (χ2v) is 10.3. The lowest BCUT2D eigenvalue weighted by Gasteiger charge is -2.58. The smallest absolute Gasteiger partial charge is 0.302 e. The first-order valence-electron chi connectivity index (χ1n) is 10.8. The number of allylic oxidation sites excluding steroid dienone is 1. The minimum atomic E-state index is -0.472. The second-order valence-electron chi connectivity index (χ2n) is 10.3. The first-order chi connectivity index (χ1) is 12.7. The molecule has 0 radical (unpaired) electrons. The molecule has 0 aromatic heterocycles. The highest BCUT2D eigenvalue weighted by Gasteiger charge is 2.79. The Morgan fingerprint density at radius 1 is 1.15 bits per heavy atom. The summed E-state index contributed by atoms with van der Waals surface area (Å²) in [6, 6.07) is 0. The number of esters is 1. The van der Waals surface area contributed by atoms with E-state index >= 15 is 0 Å². The summed E-state index contributed by atoms with van der Waals surface area (Å²) in [6.07, 6.45) is 10.1. The van der Waals surface area contributed by atoms with Gasteiger partial charge in [0.05, 0.1) is 6.10 Å². The van der Waals surface area contributed by atoms with Gasteiger partial charge < -0.3 is 9.47 Å². The van der Waals surface area contributed by atoms with Crippen LogP contribution < -0.4 is 0 Å². The van der Waals surface area contributed by atoms with Gasteiger partial charge in [-0.3, -0.25) is 9.59 Å². The SMILES string of the molecule is CC(=O)O[C@H]1CC[C@@]2(C)C(=CC[C@H]3[C@@H]2CC[C@@]2(C)[C@H]3C[C@H]3O[C@]32C(C)=O)C1. The molecule has 8 atom stereocenters. The Hall–Kier alpha value is -1.16. The first-order valence-corrected chi connectivity index (χ1v) is 10.8. The number of ether oxygens (including phenoxy) is 2. The standard InChI is InChI=1S/C23H32O4/c1-13(24)23-20(27-23)12-19-17-6-5-15-11-16(26-14(2)25)7-9-21(15,3)18(17)8-10-22(19,23)4/h5,16-20H,6-12H2,1-4H3/t16-,17-,18-,19-,20+,21-,22-,23+/m0/s1. The van der Waals surface area contributed by atoms with E-state index in [9.17, 15) is 9.59 Å². The number of carbonyl (C=O) groups excluding carboxylic acids is 2. The summed E-state index contributed by atoms with van der Waals surface area (Å²) >= 11 is 0. The Morgan fingerprint density at radius 3 is 2.63 bits per heavy atom. The van der Waals surface area contributed by atoms with Crippen LogP contribution in [0.25, 0.3) is 0 Å². The summed E-state index contributed by atoms with van der Waals surface area (Å²) in [5.74, 6) is 2.03. The van der Waals surface area contributed by atoms with Gasteiger partial charge >= 0.3 is 5.97 Å². The second kappa shape index (κ2) is 5.46. The lowest BCUT2D eigenvalue weighted by Crippen LogP contribution is -2.54. The van der Waals surface area contributed by atoms with Crippen molar-refractivity contribution in [3.8, 4) is 0 Å². The first kappa shape index (κ1) is 17.9. The van der Waals surface area contributed by atoms with Gasteiger partial charge in [0.2, 0.25) is 0 Å². The zero-order valence-corrected chi connectivity index (χ0v) is 17.0. The third-order valence-electron chi connectivity index (χ3n) is 9.34. The van der Waals surface area contributed by atoms with E-state index in [0.29, 0.717) is 17.8 Å². The average molecular weight is 373 g/mol. The molecule has 0 amide bonds. The molecule has 4 nitrogen and oxygen atoms in total. The lowest BCUT2D eigenvalue weighted by atomic mass is 9.47. The summed E-state index contributed by atoms with van der Waals surface area (Å²) in [4.78, 5) is 23.8. The van der Waals surface area contributed by atoms with E-state index in [1.165, 1.54) is 18.9 Å². The molecule has 0 N–H and O–H groups in total. The van der Waals surface area contributed by atoms with Crippen LogP contribution in [0.1, 0.15) is 72.6 Å². The number of ketones is 1. The fourth-order valence-electron chi connectivity index (χ4n) is 8.03. The van der Waals surface area contributed by atoms with Crippen molar-refractivity contribution in [3.05, 3.63) is 11.6 Å². The van der Waals surface area contributed by atoms with Crippen LogP contribution in [0.4, 0.5) is 0 Å². The van der Waals surface area contributed by atoms with Crippen molar-refractivity contribution in [2.75, 3.05) is 0 Å². The Kier molecular flexibility index (Phi) is 3.62. The van der Waals surface area contributed by atoms with E-state index in [2.05, 4.69) is 19.9 Å². The minimum Gasteiger partial charge on any atom is -0.462 e. The predicted octanol–water partition coefficient (Wildman–Crippen LogP) is 4.22. The van der Waals surface area contributed by atoms with Gasteiger partial charge in [0.25, 0.3) is 0 Å². The molecule has 4 heteroatoms. The van der Waals surface area contributed by atoms with Crippen molar-refractivity contribution in [3.63, 3.8) is 0 Å². The number of hydrogen-bond acceptors (Lipinski definition) is 4. The fourth-order valence-corrected chi connectivity index (χ4v) is 8.03. The zero-order chi connectivity index (χ0) is 19.2. The van der Waals surface area contributed by atoms with Gasteiger partial charge in [-0.15, -0.1) is 0 Å². The molecule has 4 aliphatic carbocycles.